The van der Waals surface area contributed by atoms with Crippen molar-refractivity contribution in [3.05, 3.63) is 30.1 Å². The summed E-state index contributed by atoms with van der Waals surface area (Å²) in [4.78, 5) is 4.50. The highest BCUT2D eigenvalue weighted by molar-refractivity contribution is 5.76. The second-order valence-corrected chi connectivity index (χ2v) is 5.68. The van der Waals surface area contributed by atoms with E-state index in [-0.39, 0.29) is 12.5 Å². The predicted octanol–water partition coefficient (Wildman–Crippen LogP) is 2.38. The van der Waals surface area contributed by atoms with Crippen LogP contribution in [0, 0.1) is 22.7 Å². The van der Waals surface area contributed by atoms with Gasteiger partial charge >= 0.3 is 0 Å². The van der Waals surface area contributed by atoms with Crippen molar-refractivity contribution in [2.45, 2.75) is 45.3 Å². The fourth-order valence-electron chi connectivity index (χ4n) is 2.57. The number of fused-ring (bicyclic) bond motifs is 1. The topological polar surface area (TPSA) is 77.4 Å². The molecule has 1 aromatic carbocycles. The Morgan fingerprint density at radius 3 is 2.67 bits per heavy atom. The molecule has 2 rings (SSSR count). The highest BCUT2D eigenvalue weighted by Crippen LogP contribution is 2.20. The average molecular weight is 281 g/mol. The fourth-order valence-corrected chi connectivity index (χ4v) is 2.57. The minimum Gasteiger partial charge on any atom is -0.324 e. The molecule has 1 heterocycles. The fraction of sp³-hybridized carbons (Fsp3) is 0.438. The molecule has 21 heavy (non-hydrogen) atoms. The van der Waals surface area contributed by atoms with Gasteiger partial charge in [0.05, 0.1) is 36.1 Å². The Morgan fingerprint density at radius 1 is 1.33 bits per heavy atom. The zero-order valence-electron chi connectivity index (χ0n) is 12.6. The number of nitrogens with zero attached hydrogens (tertiary/aromatic N) is 4. The maximum atomic E-state index is 9.51. The van der Waals surface area contributed by atoms with E-state index in [4.69, 9.17) is 5.26 Å². The number of aromatic nitrogens is 2. The summed E-state index contributed by atoms with van der Waals surface area (Å²) >= 11 is 0. The van der Waals surface area contributed by atoms with Gasteiger partial charge in [0.2, 0.25) is 0 Å². The molecule has 0 aliphatic heterocycles. The van der Waals surface area contributed by atoms with Crippen LogP contribution in [0.1, 0.15) is 26.6 Å². The Bertz CT molecular complexity index is 716. The average Bonchev–Trinajstić information content (AvgIpc) is 2.76. The van der Waals surface area contributed by atoms with E-state index in [1.807, 2.05) is 49.6 Å². The maximum Gasteiger partial charge on any atom is 0.124 e. The number of nitriles is 2. The number of nitrogens with one attached hydrogen (secondary N) is 1. The van der Waals surface area contributed by atoms with E-state index in [0.717, 1.165) is 11.0 Å². The van der Waals surface area contributed by atoms with Gasteiger partial charge in [0.15, 0.2) is 0 Å². The van der Waals surface area contributed by atoms with Crippen molar-refractivity contribution in [2.75, 3.05) is 0 Å². The van der Waals surface area contributed by atoms with Gasteiger partial charge in [-0.2, -0.15) is 10.5 Å². The number of imidazole rings is 1. The summed E-state index contributed by atoms with van der Waals surface area (Å²) in [5, 5.41) is 21.8. The third kappa shape index (κ3) is 3.21. The highest BCUT2D eigenvalue weighted by Gasteiger charge is 2.27. The van der Waals surface area contributed by atoms with E-state index < -0.39 is 5.54 Å². The summed E-state index contributed by atoms with van der Waals surface area (Å²) < 4.78 is 1.97. The Balaban J connectivity index is 2.47. The standard InChI is InChI=1S/C16H19N5/c1-12(2)20-16(3,10-18)11-21-14-7-5-4-6-13(14)19-15(21)8-9-17/h4-7,12,20H,8,11H2,1-3H3. The van der Waals surface area contributed by atoms with Crippen LogP contribution in [-0.2, 0) is 13.0 Å². The third-order valence-electron chi connectivity index (χ3n) is 3.30. The molecule has 0 amide bonds. The lowest BCUT2D eigenvalue weighted by Gasteiger charge is -2.27. The van der Waals surface area contributed by atoms with Crippen LogP contribution < -0.4 is 5.32 Å². The van der Waals surface area contributed by atoms with Crippen molar-refractivity contribution in [1.29, 1.82) is 10.5 Å². The van der Waals surface area contributed by atoms with Crippen LogP contribution in [0.4, 0.5) is 0 Å². The predicted molar refractivity (Wildman–Crippen MR) is 81.3 cm³/mol. The summed E-state index contributed by atoms with van der Waals surface area (Å²) in [5.41, 5.74) is 1.10. The Kier molecular flexibility index (Phi) is 4.26. The molecular formula is C16H19N5. The van der Waals surface area contributed by atoms with Gasteiger partial charge in [0, 0.05) is 6.04 Å². The first-order valence-electron chi connectivity index (χ1n) is 6.99. The summed E-state index contributed by atoms with van der Waals surface area (Å²) in [6, 6.07) is 12.4. The van der Waals surface area contributed by atoms with E-state index >= 15 is 0 Å². The number of rotatable bonds is 5. The van der Waals surface area contributed by atoms with Crippen molar-refractivity contribution < 1.29 is 0 Å². The first-order valence-corrected chi connectivity index (χ1v) is 6.99. The van der Waals surface area contributed by atoms with Gasteiger partial charge in [0.1, 0.15) is 11.4 Å². The van der Waals surface area contributed by atoms with Crippen LogP contribution in [0.2, 0.25) is 0 Å². The lowest BCUT2D eigenvalue weighted by atomic mass is 10.0. The van der Waals surface area contributed by atoms with Crippen molar-refractivity contribution >= 4 is 11.0 Å². The Morgan fingerprint density at radius 2 is 2.05 bits per heavy atom. The van der Waals surface area contributed by atoms with Gasteiger partial charge < -0.3 is 4.57 Å². The second-order valence-electron chi connectivity index (χ2n) is 5.68. The number of benzene rings is 1. The molecule has 0 saturated heterocycles. The third-order valence-corrected chi connectivity index (χ3v) is 3.30. The van der Waals surface area contributed by atoms with E-state index in [0.29, 0.717) is 12.4 Å². The van der Waals surface area contributed by atoms with Crippen LogP contribution in [-0.4, -0.2) is 21.1 Å². The van der Waals surface area contributed by atoms with Crippen molar-refractivity contribution in [1.82, 2.24) is 14.9 Å². The van der Waals surface area contributed by atoms with E-state index in [1.165, 1.54) is 0 Å². The Labute approximate surface area is 124 Å². The molecule has 1 aromatic heterocycles. The summed E-state index contributed by atoms with van der Waals surface area (Å²) in [7, 11) is 0. The largest absolute Gasteiger partial charge is 0.324 e. The van der Waals surface area contributed by atoms with Crippen molar-refractivity contribution in [3.63, 3.8) is 0 Å². The zero-order valence-corrected chi connectivity index (χ0v) is 12.6. The van der Waals surface area contributed by atoms with Gasteiger partial charge in [-0.3, -0.25) is 5.32 Å². The summed E-state index contributed by atoms with van der Waals surface area (Å²) in [6.45, 7) is 6.35. The molecule has 0 bridgehead atoms. The lowest BCUT2D eigenvalue weighted by Crippen LogP contribution is -2.48. The zero-order chi connectivity index (χ0) is 15.5. The van der Waals surface area contributed by atoms with Crippen molar-refractivity contribution in [2.24, 2.45) is 0 Å². The normalized spacial score (nSPS) is 13.8. The quantitative estimate of drug-likeness (QED) is 0.912. The lowest BCUT2D eigenvalue weighted by molar-refractivity contribution is 0.358. The molecule has 0 aliphatic carbocycles. The SMILES string of the molecule is CC(C)NC(C)(C#N)Cn1c(CC#N)nc2ccccc21. The molecule has 1 N–H and O–H groups in total. The monoisotopic (exact) mass is 281 g/mol. The van der Waals surface area contributed by atoms with Crippen LogP contribution in [0.15, 0.2) is 24.3 Å². The molecule has 0 saturated carbocycles. The summed E-state index contributed by atoms with van der Waals surface area (Å²) in [6.07, 6.45) is 0.234. The highest BCUT2D eigenvalue weighted by atomic mass is 15.1. The van der Waals surface area contributed by atoms with Crippen LogP contribution in [0.3, 0.4) is 0 Å². The minimum absolute atomic E-state index is 0.198. The van der Waals surface area contributed by atoms with Gasteiger partial charge in [0.25, 0.3) is 0 Å². The molecule has 1 atom stereocenters. The van der Waals surface area contributed by atoms with Crippen molar-refractivity contribution in [3.8, 4) is 12.1 Å². The molecule has 0 radical (unpaired) electrons. The van der Waals surface area contributed by atoms with E-state index in [2.05, 4.69) is 22.4 Å². The molecule has 2 aromatic rings. The molecule has 0 spiro atoms. The first-order chi connectivity index (χ1) is 9.99. The van der Waals surface area contributed by atoms with Gasteiger partial charge in [-0.15, -0.1) is 0 Å². The molecular weight excluding hydrogens is 262 g/mol. The minimum atomic E-state index is -0.707. The molecule has 1 unspecified atom stereocenters. The van der Waals surface area contributed by atoms with E-state index in [1.54, 1.807) is 0 Å². The van der Waals surface area contributed by atoms with Crippen LogP contribution >= 0.6 is 0 Å². The maximum absolute atomic E-state index is 9.51. The molecule has 5 heteroatoms. The Hall–Kier alpha value is -2.37. The second kappa shape index (κ2) is 5.95. The smallest absolute Gasteiger partial charge is 0.124 e. The number of hydrogen-bond acceptors (Lipinski definition) is 4. The first kappa shape index (κ1) is 15.0. The number of hydrogen-bond donors (Lipinski definition) is 1. The van der Waals surface area contributed by atoms with Crippen LogP contribution in [0.25, 0.3) is 11.0 Å². The molecule has 5 nitrogen and oxygen atoms in total. The van der Waals surface area contributed by atoms with Gasteiger partial charge in [-0.05, 0) is 32.9 Å². The van der Waals surface area contributed by atoms with E-state index in [9.17, 15) is 5.26 Å². The summed E-state index contributed by atoms with van der Waals surface area (Å²) in [5.74, 6) is 0.700. The number of para-hydroxylation sites is 2. The van der Waals surface area contributed by atoms with Gasteiger partial charge in [-0.1, -0.05) is 12.1 Å². The van der Waals surface area contributed by atoms with Crippen LogP contribution in [0.5, 0.6) is 0 Å². The van der Waals surface area contributed by atoms with Gasteiger partial charge in [-0.25, -0.2) is 4.98 Å². The molecule has 108 valence electrons. The molecule has 0 aliphatic rings. The molecule has 0 fully saturated rings.